The molecule has 2 rings (SSSR count). The highest BCUT2D eigenvalue weighted by Crippen LogP contribution is 2.20. The molecule has 82 valence electrons. The predicted molar refractivity (Wildman–Crippen MR) is 55.6 cm³/mol. The Hall–Kier alpha value is -0.845. The molecule has 0 aliphatic carbocycles. The van der Waals surface area contributed by atoms with Crippen molar-refractivity contribution in [3.63, 3.8) is 0 Å². The van der Waals surface area contributed by atoms with Crippen LogP contribution in [-0.2, 0) is 4.74 Å². The molecule has 1 atom stereocenters. The minimum absolute atomic E-state index is 0.149. The van der Waals surface area contributed by atoms with Gasteiger partial charge in [0.25, 0.3) is 0 Å². The van der Waals surface area contributed by atoms with Gasteiger partial charge < -0.3 is 14.8 Å². The highest BCUT2D eigenvalue weighted by Gasteiger charge is 2.25. The van der Waals surface area contributed by atoms with Crippen LogP contribution in [0, 0.1) is 6.92 Å². The third kappa shape index (κ3) is 2.22. The Balaban J connectivity index is 2.25. The number of hydrogen-bond acceptors (Lipinski definition) is 4. The standard InChI is InChI=1S/C9H15BN2O3/c1-7-6-8(10(13)14)12(11-7)9-4-2-3-5-15-9/h6,9,13-14H,2-5H2,1H3. The number of aryl methyl sites for hydroxylation is 1. The van der Waals surface area contributed by atoms with E-state index in [1.54, 1.807) is 10.7 Å². The lowest BCUT2D eigenvalue weighted by atomic mass is 9.85. The molecule has 0 bridgehead atoms. The highest BCUT2D eigenvalue weighted by atomic mass is 16.5. The van der Waals surface area contributed by atoms with Gasteiger partial charge in [0.05, 0.1) is 11.3 Å². The van der Waals surface area contributed by atoms with E-state index in [-0.39, 0.29) is 6.23 Å². The van der Waals surface area contributed by atoms with E-state index in [9.17, 15) is 10.0 Å². The molecule has 1 aromatic heterocycles. The fraction of sp³-hybridized carbons (Fsp3) is 0.667. The van der Waals surface area contributed by atoms with Gasteiger partial charge in [-0.1, -0.05) is 0 Å². The first-order valence-corrected chi connectivity index (χ1v) is 5.22. The van der Waals surface area contributed by atoms with E-state index in [4.69, 9.17) is 4.74 Å². The maximum atomic E-state index is 9.19. The smallest absolute Gasteiger partial charge is 0.422 e. The summed E-state index contributed by atoms with van der Waals surface area (Å²) in [6, 6.07) is 1.67. The first-order valence-electron chi connectivity index (χ1n) is 5.22. The van der Waals surface area contributed by atoms with Gasteiger partial charge in [-0.3, -0.25) is 0 Å². The zero-order chi connectivity index (χ0) is 10.8. The first-order chi connectivity index (χ1) is 7.18. The maximum absolute atomic E-state index is 9.19. The van der Waals surface area contributed by atoms with Gasteiger partial charge in [-0.25, -0.2) is 4.68 Å². The fourth-order valence-corrected chi connectivity index (χ4v) is 1.88. The number of hydrogen-bond donors (Lipinski definition) is 2. The van der Waals surface area contributed by atoms with Crippen LogP contribution in [0.2, 0.25) is 0 Å². The van der Waals surface area contributed by atoms with Gasteiger partial charge in [-0.05, 0) is 32.3 Å². The molecule has 0 aromatic carbocycles. The fourth-order valence-electron chi connectivity index (χ4n) is 1.88. The molecule has 0 spiro atoms. The summed E-state index contributed by atoms with van der Waals surface area (Å²) in [4.78, 5) is 0. The third-order valence-electron chi connectivity index (χ3n) is 2.58. The predicted octanol–water partition coefficient (Wildman–Crippen LogP) is -0.430. The van der Waals surface area contributed by atoms with Gasteiger partial charge in [-0.2, -0.15) is 5.10 Å². The van der Waals surface area contributed by atoms with Crippen molar-refractivity contribution in [3.8, 4) is 0 Å². The van der Waals surface area contributed by atoms with E-state index in [1.165, 1.54) is 0 Å². The van der Waals surface area contributed by atoms with Crippen LogP contribution in [0.4, 0.5) is 0 Å². The summed E-state index contributed by atoms with van der Waals surface area (Å²) in [5.74, 6) is 0. The summed E-state index contributed by atoms with van der Waals surface area (Å²) in [6.07, 6.45) is 2.88. The Kier molecular flexibility index (Phi) is 3.09. The molecule has 6 heteroatoms. The van der Waals surface area contributed by atoms with Crippen molar-refractivity contribution in [1.29, 1.82) is 0 Å². The second kappa shape index (κ2) is 4.34. The van der Waals surface area contributed by atoms with Crippen molar-refractivity contribution in [2.24, 2.45) is 0 Å². The van der Waals surface area contributed by atoms with Crippen molar-refractivity contribution in [2.75, 3.05) is 6.61 Å². The van der Waals surface area contributed by atoms with E-state index in [0.717, 1.165) is 25.0 Å². The van der Waals surface area contributed by atoms with Crippen LogP contribution < -0.4 is 5.59 Å². The second-order valence-electron chi connectivity index (χ2n) is 3.85. The molecule has 1 unspecified atom stereocenters. The van der Waals surface area contributed by atoms with Gasteiger partial charge in [0, 0.05) is 6.61 Å². The monoisotopic (exact) mass is 210 g/mol. The summed E-state index contributed by atoms with van der Waals surface area (Å²) in [7, 11) is -1.49. The van der Waals surface area contributed by atoms with E-state index >= 15 is 0 Å². The number of nitrogens with zero attached hydrogens (tertiary/aromatic N) is 2. The van der Waals surface area contributed by atoms with E-state index in [0.29, 0.717) is 12.2 Å². The molecule has 0 amide bonds. The Morgan fingerprint density at radius 2 is 2.33 bits per heavy atom. The van der Waals surface area contributed by atoms with Crippen molar-refractivity contribution in [3.05, 3.63) is 11.8 Å². The summed E-state index contributed by atoms with van der Waals surface area (Å²) >= 11 is 0. The molecule has 2 heterocycles. The maximum Gasteiger partial charge on any atom is 0.507 e. The molecule has 0 radical (unpaired) electrons. The normalized spacial score (nSPS) is 21.7. The topological polar surface area (TPSA) is 67.5 Å². The second-order valence-corrected chi connectivity index (χ2v) is 3.85. The van der Waals surface area contributed by atoms with Crippen molar-refractivity contribution >= 4 is 12.7 Å². The van der Waals surface area contributed by atoms with Gasteiger partial charge in [-0.15, -0.1) is 0 Å². The average Bonchev–Trinajstić information content (AvgIpc) is 2.62. The van der Waals surface area contributed by atoms with Crippen molar-refractivity contribution in [2.45, 2.75) is 32.4 Å². The summed E-state index contributed by atoms with van der Waals surface area (Å²) in [5, 5.41) is 22.6. The van der Waals surface area contributed by atoms with Gasteiger partial charge in [0.2, 0.25) is 0 Å². The van der Waals surface area contributed by atoms with E-state index < -0.39 is 7.12 Å². The minimum atomic E-state index is -1.49. The number of aromatic nitrogens is 2. The van der Waals surface area contributed by atoms with Crippen LogP contribution in [0.5, 0.6) is 0 Å². The van der Waals surface area contributed by atoms with Gasteiger partial charge >= 0.3 is 7.12 Å². The highest BCUT2D eigenvalue weighted by molar-refractivity contribution is 6.57. The SMILES string of the molecule is Cc1cc(B(O)O)n(C2CCCCO2)n1. The van der Waals surface area contributed by atoms with Gasteiger partial charge in [0.15, 0.2) is 0 Å². The molecular weight excluding hydrogens is 195 g/mol. The summed E-state index contributed by atoms with van der Waals surface area (Å²) in [6.45, 7) is 2.54. The molecule has 0 saturated carbocycles. The number of ether oxygens (including phenoxy) is 1. The van der Waals surface area contributed by atoms with Crippen LogP contribution in [0.3, 0.4) is 0 Å². The summed E-state index contributed by atoms with van der Waals surface area (Å²) < 4.78 is 7.13. The number of rotatable bonds is 2. The Morgan fingerprint density at radius 3 is 2.93 bits per heavy atom. The lowest BCUT2D eigenvalue weighted by Gasteiger charge is -2.24. The molecule has 2 N–H and O–H groups in total. The molecule has 5 nitrogen and oxygen atoms in total. The molecule has 15 heavy (non-hydrogen) atoms. The minimum Gasteiger partial charge on any atom is -0.422 e. The Bertz CT molecular complexity index is 334. The molecule has 1 saturated heterocycles. The Morgan fingerprint density at radius 1 is 1.53 bits per heavy atom. The van der Waals surface area contributed by atoms with Crippen molar-refractivity contribution in [1.82, 2.24) is 9.78 Å². The van der Waals surface area contributed by atoms with Crippen LogP contribution in [0.25, 0.3) is 0 Å². The molecule has 1 aliphatic rings. The average molecular weight is 210 g/mol. The van der Waals surface area contributed by atoms with Crippen molar-refractivity contribution < 1.29 is 14.8 Å². The van der Waals surface area contributed by atoms with Crippen LogP contribution in [0.15, 0.2) is 6.07 Å². The summed E-state index contributed by atoms with van der Waals surface area (Å²) in [5.41, 5.74) is 1.17. The first kappa shape index (κ1) is 10.7. The molecular formula is C9H15BN2O3. The lowest BCUT2D eigenvalue weighted by Crippen LogP contribution is -2.39. The lowest BCUT2D eigenvalue weighted by molar-refractivity contribution is -0.0380. The Labute approximate surface area is 88.8 Å². The molecule has 1 aliphatic heterocycles. The molecule has 1 aromatic rings. The van der Waals surface area contributed by atoms with E-state index in [2.05, 4.69) is 5.10 Å². The molecule has 1 fully saturated rings. The van der Waals surface area contributed by atoms with Crippen LogP contribution in [0.1, 0.15) is 31.2 Å². The van der Waals surface area contributed by atoms with E-state index in [1.807, 2.05) is 6.92 Å². The zero-order valence-electron chi connectivity index (χ0n) is 8.76. The van der Waals surface area contributed by atoms with Crippen LogP contribution >= 0.6 is 0 Å². The zero-order valence-corrected chi connectivity index (χ0v) is 8.76. The quantitative estimate of drug-likeness (QED) is 0.650. The van der Waals surface area contributed by atoms with Gasteiger partial charge in [0.1, 0.15) is 6.23 Å². The third-order valence-corrected chi connectivity index (χ3v) is 2.58. The largest absolute Gasteiger partial charge is 0.507 e. The van der Waals surface area contributed by atoms with Crippen LogP contribution in [-0.4, -0.2) is 33.6 Å².